The maximum Gasteiger partial charge on any atom is 0.254 e. The zero-order valence-electron chi connectivity index (χ0n) is 11.5. The number of phenols is 1. The van der Waals surface area contributed by atoms with Gasteiger partial charge in [0.2, 0.25) is 5.56 Å². The van der Waals surface area contributed by atoms with Crippen LogP contribution in [-0.4, -0.2) is 26.9 Å². The molecule has 1 aromatic carbocycles. The van der Waals surface area contributed by atoms with Crippen LogP contribution in [0.15, 0.2) is 47.4 Å². The summed E-state index contributed by atoms with van der Waals surface area (Å²) >= 11 is 0. The summed E-state index contributed by atoms with van der Waals surface area (Å²) in [6.45, 7) is 0.435. The number of carbonyl (C=O) groups is 1. The SMILES string of the molecule is O=C(c1cc[nH]c(=O)c1)N(Cc1cccc(O)c1)C1CC1. The van der Waals surface area contributed by atoms with Crippen LogP contribution in [0.1, 0.15) is 28.8 Å². The molecule has 0 spiro atoms. The molecule has 1 heterocycles. The summed E-state index contributed by atoms with van der Waals surface area (Å²) < 4.78 is 0. The Morgan fingerprint density at radius 2 is 2.10 bits per heavy atom. The second-order valence-electron chi connectivity index (χ2n) is 5.28. The molecule has 0 unspecified atom stereocenters. The number of rotatable bonds is 4. The number of H-pyrrole nitrogens is 1. The molecule has 1 aliphatic rings. The van der Waals surface area contributed by atoms with Gasteiger partial charge in [-0.15, -0.1) is 0 Å². The van der Waals surface area contributed by atoms with Crippen molar-refractivity contribution in [1.29, 1.82) is 0 Å². The Morgan fingerprint density at radius 3 is 2.76 bits per heavy atom. The number of aromatic amines is 1. The first-order valence-corrected chi connectivity index (χ1v) is 6.91. The van der Waals surface area contributed by atoms with Gasteiger partial charge in [0.25, 0.3) is 5.91 Å². The van der Waals surface area contributed by atoms with Gasteiger partial charge in [0, 0.05) is 30.4 Å². The molecular formula is C16H16N2O3. The predicted octanol–water partition coefficient (Wildman–Crippen LogP) is 1.89. The molecular weight excluding hydrogens is 268 g/mol. The summed E-state index contributed by atoms with van der Waals surface area (Å²) in [5.74, 6) is 0.0406. The lowest BCUT2D eigenvalue weighted by atomic mass is 10.1. The lowest BCUT2D eigenvalue weighted by molar-refractivity contribution is 0.0729. The highest BCUT2D eigenvalue weighted by atomic mass is 16.3. The molecule has 0 aliphatic heterocycles. The molecule has 1 fully saturated rings. The van der Waals surface area contributed by atoms with Gasteiger partial charge in [-0.2, -0.15) is 0 Å². The Balaban J connectivity index is 1.85. The van der Waals surface area contributed by atoms with Gasteiger partial charge in [0.1, 0.15) is 5.75 Å². The van der Waals surface area contributed by atoms with Crippen molar-refractivity contribution < 1.29 is 9.90 Å². The monoisotopic (exact) mass is 284 g/mol. The molecule has 2 aromatic rings. The lowest BCUT2D eigenvalue weighted by Gasteiger charge is -2.22. The molecule has 3 rings (SSSR count). The highest BCUT2D eigenvalue weighted by molar-refractivity contribution is 5.94. The van der Waals surface area contributed by atoms with Crippen LogP contribution >= 0.6 is 0 Å². The summed E-state index contributed by atoms with van der Waals surface area (Å²) in [7, 11) is 0. The van der Waals surface area contributed by atoms with E-state index in [0.717, 1.165) is 18.4 Å². The van der Waals surface area contributed by atoms with E-state index in [1.807, 2.05) is 6.07 Å². The van der Waals surface area contributed by atoms with E-state index in [4.69, 9.17) is 0 Å². The van der Waals surface area contributed by atoms with E-state index in [0.29, 0.717) is 12.1 Å². The molecule has 5 nitrogen and oxygen atoms in total. The van der Waals surface area contributed by atoms with Crippen molar-refractivity contribution in [2.75, 3.05) is 0 Å². The Kier molecular flexibility index (Phi) is 3.48. The standard InChI is InChI=1S/C16H16N2O3/c19-14-3-1-2-11(8-14)10-18(13-4-5-13)16(21)12-6-7-17-15(20)9-12/h1-3,6-9,13,19H,4-5,10H2,(H,17,20). The van der Waals surface area contributed by atoms with Crippen molar-refractivity contribution >= 4 is 5.91 Å². The van der Waals surface area contributed by atoms with E-state index in [1.165, 1.54) is 12.3 Å². The predicted molar refractivity (Wildman–Crippen MR) is 78.1 cm³/mol. The number of phenolic OH excluding ortho intramolecular Hbond substituents is 1. The summed E-state index contributed by atoms with van der Waals surface area (Å²) in [4.78, 5) is 28.2. The van der Waals surface area contributed by atoms with E-state index >= 15 is 0 Å². The van der Waals surface area contributed by atoms with Crippen molar-refractivity contribution in [2.24, 2.45) is 0 Å². The number of aromatic nitrogens is 1. The number of amides is 1. The van der Waals surface area contributed by atoms with Crippen molar-refractivity contribution in [3.05, 3.63) is 64.1 Å². The fraction of sp³-hybridized carbons (Fsp3) is 0.250. The molecule has 108 valence electrons. The first kappa shape index (κ1) is 13.4. The summed E-state index contributed by atoms with van der Waals surface area (Å²) in [6.07, 6.45) is 3.44. The number of nitrogens with one attached hydrogen (secondary N) is 1. The molecule has 2 N–H and O–H groups in total. The van der Waals surface area contributed by atoms with Crippen LogP contribution in [0.5, 0.6) is 5.75 Å². The highest BCUT2D eigenvalue weighted by Crippen LogP contribution is 2.30. The number of pyridine rings is 1. The minimum atomic E-state index is -0.283. The Bertz CT molecular complexity index is 719. The molecule has 0 atom stereocenters. The maximum absolute atomic E-state index is 12.6. The summed E-state index contributed by atoms with van der Waals surface area (Å²) in [5.41, 5.74) is 0.986. The zero-order chi connectivity index (χ0) is 14.8. The first-order chi connectivity index (χ1) is 10.1. The molecule has 0 radical (unpaired) electrons. The van der Waals surface area contributed by atoms with Crippen LogP contribution in [0, 0.1) is 0 Å². The van der Waals surface area contributed by atoms with Gasteiger partial charge in [-0.1, -0.05) is 12.1 Å². The van der Waals surface area contributed by atoms with Crippen molar-refractivity contribution in [3.8, 4) is 5.75 Å². The van der Waals surface area contributed by atoms with E-state index in [1.54, 1.807) is 29.2 Å². The third-order valence-corrected chi connectivity index (χ3v) is 3.53. The molecule has 1 aliphatic carbocycles. The molecule has 1 aromatic heterocycles. The molecule has 21 heavy (non-hydrogen) atoms. The first-order valence-electron chi connectivity index (χ1n) is 6.91. The van der Waals surface area contributed by atoms with E-state index < -0.39 is 0 Å². The Morgan fingerprint density at radius 1 is 1.29 bits per heavy atom. The van der Waals surface area contributed by atoms with Crippen LogP contribution in [0.3, 0.4) is 0 Å². The van der Waals surface area contributed by atoms with Gasteiger partial charge < -0.3 is 15.0 Å². The number of carbonyl (C=O) groups excluding carboxylic acids is 1. The third kappa shape index (κ3) is 3.13. The number of aromatic hydroxyl groups is 1. The second-order valence-corrected chi connectivity index (χ2v) is 5.28. The molecule has 0 bridgehead atoms. The van der Waals surface area contributed by atoms with E-state index in [9.17, 15) is 14.7 Å². The lowest BCUT2D eigenvalue weighted by Crippen LogP contribution is -2.33. The quantitative estimate of drug-likeness (QED) is 0.900. The van der Waals surface area contributed by atoms with Crippen molar-refractivity contribution in [3.63, 3.8) is 0 Å². The van der Waals surface area contributed by atoms with Crippen LogP contribution in [0.25, 0.3) is 0 Å². The average Bonchev–Trinajstić information content (AvgIpc) is 3.29. The van der Waals surface area contributed by atoms with Crippen LogP contribution < -0.4 is 5.56 Å². The summed E-state index contributed by atoms with van der Waals surface area (Å²) in [6, 6.07) is 10.0. The van der Waals surface area contributed by atoms with Gasteiger partial charge in [-0.25, -0.2) is 0 Å². The highest BCUT2D eigenvalue weighted by Gasteiger charge is 2.33. The molecule has 5 heteroatoms. The van der Waals surface area contributed by atoms with Crippen LogP contribution in [0.4, 0.5) is 0 Å². The fourth-order valence-electron chi connectivity index (χ4n) is 2.35. The Hall–Kier alpha value is -2.56. The number of nitrogens with zero attached hydrogens (tertiary/aromatic N) is 1. The minimum Gasteiger partial charge on any atom is -0.508 e. The second kappa shape index (κ2) is 5.44. The topological polar surface area (TPSA) is 73.4 Å². The third-order valence-electron chi connectivity index (χ3n) is 3.53. The fourth-order valence-corrected chi connectivity index (χ4v) is 2.35. The van der Waals surface area contributed by atoms with Gasteiger partial charge >= 0.3 is 0 Å². The zero-order valence-corrected chi connectivity index (χ0v) is 11.5. The molecule has 1 amide bonds. The van der Waals surface area contributed by atoms with Gasteiger partial charge in [0.15, 0.2) is 0 Å². The van der Waals surface area contributed by atoms with Gasteiger partial charge in [0.05, 0.1) is 0 Å². The summed E-state index contributed by atoms with van der Waals surface area (Å²) in [5, 5.41) is 9.52. The number of benzene rings is 1. The van der Waals surface area contributed by atoms with E-state index in [2.05, 4.69) is 4.98 Å². The number of hydrogen-bond acceptors (Lipinski definition) is 3. The van der Waals surface area contributed by atoms with Crippen LogP contribution in [0.2, 0.25) is 0 Å². The average molecular weight is 284 g/mol. The normalized spacial score (nSPS) is 13.9. The van der Waals surface area contributed by atoms with E-state index in [-0.39, 0.29) is 23.3 Å². The van der Waals surface area contributed by atoms with Gasteiger partial charge in [-0.3, -0.25) is 9.59 Å². The maximum atomic E-state index is 12.6. The number of hydrogen-bond donors (Lipinski definition) is 2. The van der Waals surface area contributed by atoms with Gasteiger partial charge in [-0.05, 0) is 36.6 Å². The minimum absolute atomic E-state index is 0.146. The largest absolute Gasteiger partial charge is 0.508 e. The van der Waals surface area contributed by atoms with Crippen LogP contribution in [-0.2, 0) is 6.54 Å². The van der Waals surface area contributed by atoms with Crippen molar-refractivity contribution in [1.82, 2.24) is 9.88 Å². The smallest absolute Gasteiger partial charge is 0.254 e. The molecule has 0 saturated heterocycles. The molecule has 1 saturated carbocycles. The van der Waals surface area contributed by atoms with Crippen molar-refractivity contribution in [2.45, 2.75) is 25.4 Å². The Labute approximate surface area is 121 Å².